The van der Waals surface area contributed by atoms with Crippen molar-refractivity contribution in [1.82, 2.24) is 20.2 Å². The summed E-state index contributed by atoms with van der Waals surface area (Å²) < 4.78 is 5.77. The van der Waals surface area contributed by atoms with Gasteiger partial charge in [0.25, 0.3) is 11.9 Å². The summed E-state index contributed by atoms with van der Waals surface area (Å²) in [5, 5.41) is 4.22. The van der Waals surface area contributed by atoms with E-state index in [1.807, 2.05) is 25.3 Å². The smallest absolute Gasteiger partial charge is 0.298 e. The molecule has 3 fully saturated rings. The number of amides is 1. The first-order valence-electron chi connectivity index (χ1n) is 9.87. The molecule has 5 heterocycles. The lowest BCUT2D eigenvalue weighted by Gasteiger charge is -2.54. The van der Waals surface area contributed by atoms with Crippen LogP contribution >= 0.6 is 0 Å². The number of likely N-dealkylation sites (N-methyl/N-ethyl adjacent to an activating group) is 1. The van der Waals surface area contributed by atoms with Crippen molar-refractivity contribution in [2.24, 2.45) is 0 Å². The molecule has 2 bridgehead atoms. The Balaban J connectivity index is 1.22. The number of oxazole rings is 1. The van der Waals surface area contributed by atoms with Crippen LogP contribution in [0.25, 0.3) is 10.9 Å². The van der Waals surface area contributed by atoms with Crippen LogP contribution in [-0.2, 0) is 6.42 Å². The van der Waals surface area contributed by atoms with Crippen molar-refractivity contribution in [3.05, 3.63) is 48.0 Å². The summed E-state index contributed by atoms with van der Waals surface area (Å²) in [6.45, 7) is 3.82. The van der Waals surface area contributed by atoms with Gasteiger partial charge in [-0.05, 0) is 38.4 Å². The van der Waals surface area contributed by atoms with Crippen LogP contribution in [0.1, 0.15) is 29.5 Å². The van der Waals surface area contributed by atoms with E-state index in [0.717, 1.165) is 25.0 Å². The SMILES string of the molecule is CC(Cc1c[nH]c2ccccc12)NC(=O)c1cnc(N2CC3CC(C2)N3C)o1. The van der Waals surface area contributed by atoms with E-state index >= 15 is 0 Å². The third-order valence-corrected chi connectivity index (χ3v) is 6.12. The first kappa shape index (κ1) is 17.3. The third kappa shape index (κ3) is 2.96. The fourth-order valence-corrected chi connectivity index (χ4v) is 4.45. The van der Waals surface area contributed by atoms with Crippen molar-refractivity contribution in [2.75, 3.05) is 25.0 Å². The van der Waals surface area contributed by atoms with Gasteiger partial charge < -0.3 is 19.6 Å². The maximum absolute atomic E-state index is 12.6. The molecule has 2 N–H and O–H groups in total. The number of nitrogens with one attached hydrogen (secondary N) is 2. The van der Waals surface area contributed by atoms with Crippen LogP contribution in [0.5, 0.6) is 0 Å². The topological polar surface area (TPSA) is 77.4 Å². The highest BCUT2D eigenvalue weighted by Crippen LogP contribution is 2.32. The van der Waals surface area contributed by atoms with E-state index in [0.29, 0.717) is 18.1 Å². The van der Waals surface area contributed by atoms with E-state index in [2.05, 4.69) is 44.3 Å². The number of fused-ring (bicyclic) bond motifs is 3. The normalized spacial score (nSPS) is 22.9. The summed E-state index contributed by atoms with van der Waals surface area (Å²) in [6, 6.07) is 9.87. The second-order valence-corrected chi connectivity index (χ2v) is 8.06. The number of hydrogen-bond acceptors (Lipinski definition) is 5. The molecule has 3 atom stereocenters. The van der Waals surface area contributed by atoms with Crippen LogP contribution in [0.2, 0.25) is 0 Å². The van der Waals surface area contributed by atoms with Gasteiger partial charge in [0.1, 0.15) is 0 Å². The van der Waals surface area contributed by atoms with Gasteiger partial charge in [0.15, 0.2) is 0 Å². The molecule has 3 aromatic rings. The Bertz CT molecular complexity index is 997. The molecule has 0 spiro atoms. The van der Waals surface area contributed by atoms with Crippen molar-refractivity contribution in [2.45, 2.75) is 37.9 Å². The number of H-pyrrole nitrogens is 1. The largest absolute Gasteiger partial charge is 0.418 e. The molecule has 3 unspecified atom stereocenters. The van der Waals surface area contributed by atoms with E-state index in [1.165, 1.54) is 23.6 Å². The van der Waals surface area contributed by atoms with E-state index < -0.39 is 0 Å². The highest BCUT2D eigenvalue weighted by Gasteiger charge is 2.43. The fraction of sp³-hybridized carbons (Fsp3) is 0.429. The summed E-state index contributed by atoms with van der Waals surface area (Å²) >= 11 is 0. The van der Waals surface area contributed by atoms with E-state index in [9.17, 15) is 4.79 Å². The molecule has 3 aliphatic heterocycles. The van der Waals surface area contributed by atoms with Crippen molar-refractivity contribution < 1.29 is 9.21 Å². The molecule has 0 aliphatic carbocycles. The number of benzene rings is 1. The Hall–Kier alpha value is -2.80. The molecule has 0 saturated carbocycles. The van der Waals surface area contributed by atoms with Crippen molar-refractivity contribution >= 4 is 22.8 Å². The predicted molar refractivity (Wildman–Crippen MR) is 108 cm³/mol. The molecular formula is C21H25N5O2. The molecule has 3 aliphatic rings. The summed E-state index contributed by atoms with van der Waals surface area (Å²) in [5.41, 5.74) is 2.31. The molecule has 7 heteroatoms. The zero-order valence-corrected chi connectivity index (χ0v) is 16.2. The predicted octanol–water partition coefficient (Wildman–Crippen LogP) is 2.41. The first-order valence-corrected chi connectivity index (χ1v) is 9.87. The van der Waals surface area contributed by atoms with Gasteiger partial charge in [-0.25, -0.2) is 4.98 Å². The highest BCUT2D eigenvalue weighted by molar-refractivity contribution is 5.91. The Labute approximate surface area is 163 Å². The number of anilines is 1. The van der Waals surface area contributed by atoms with Gasteiger partial charge in [-0.2, -0.15) is 0 Å². The number of nitrogens with zero attached hydrogens (tertiary/aromatic N) is 3. The quantitative estimate of drug-likeness (QED) is 0.712. The van der Waals surface area contributed by atoms with E-state index in [-0.39, 0.29) is 17.7 Å². The summed E-state index contributed by atoms with van der Waals surface area (Å²) in [5.74, 6) is 0.0544. The van der Waals surface area contributed by atoms with Gasteiger partial charge in [-0.3, -0.25) is 9.69 Å². The van der Waals surface area contributed by atoms with Crippen molar-refractivity contribution in [1.29, 1.82) is 0 Å². The number of piperazine rings is 1. The zero-order valence-electron chi connectivity index (χ0n) is 16.2. The van der Waals surface area contributed by atoms with Gasteiger partial charge >= 0.3 is 0 Å². The fourth-order valence-electron chi connectivity index (χ4n) is 4.45. The zero-order chi connectivity index (χ0) is 19.3. The van der Waals surface area contributed by atoms with Crippen LogP contribution in [0.3, 0.4) is 0 Å². The van der Waals surface area contributed by atoms with E-state index in [1.54, 1.807) is 0 Å². The molecule has 3 saturated heterocycles. The average Bonchev–Trinajstić information content (AvgIpc) is 3.36. The number of rotatable bonds is 5. The van der Waals surface area contributed by atoms with Crippen LogP contribution < -0.4 is 10.2 Å². The molecule has 7 nitrogen and oxygen atoms in total. The molecule has 1 aromatic carbocycles. The Morgan fingerprint density at radius 2 is 2.14 bits per heavy atom. The molecule has 2 aromatic heterocycles. The second-order valence-electron chi connectivity index (χ2n) is 8.06. The van der Waals surface area contributed by atoms with Crippen LogP contribution in [0.15, 0.2) is 41.1 Å². The number of aromatic nitrogens is 2. The van der Waals surface area contributed by atoms with Crippen molar-refractivity contribution in [3.63, 3.8) is 0 Å². The lowest BCUT2D eigenvalue weighted by atomic mass is 9.89. The Morgan fingerprint density at radius 3 is 2.93 bits per heavy atom. The van der Waals surface area contributed by atoms with Gasteiger partial charge in [-0.1, -0.05) is 18.2 Å². The molecular weight excluding hydrogens is 354 g/mol. The average molecular weight is 379 g/mol. The number of hydrogen-bond donors (Lipinski definition) is 2. The lowest BCUT2D eigenvalue weighted by molar-refractivity contribution is 0.0244. The first-order chi connectivity index (χ1) is 13.6. The Morgan fingerprint density at radius 1 is 1.36 bits per heavy atom. The van der Waals surface area contributed by atoms with Gasteiger partial charge in [0, 0.05) is 48.3 Å². The van der Waals surface area contributed by atoms with Gasteiger partial charge in [0.2, 0.25) is 5.76 Å². The molecule has 146 valence electrons. The maximum Gasteiger partial charge on any atom is 0.298 e. The number of aromatic amines is 1. The van der Waals surface area contributed by atoms with Crippen LogP contribution in [-0.4, -0.2) is 59.0 Å². The standard InChI is InChI=1S/C21H25N5O2/c1-13(7-14-9-22-18-6-4-3-5-17(14)18)24-20(27)19-10-23-21(28-19)26-11-15-8-16(12-26)25(15)2/h3-6,9-10,13,15-16,22H,7-8,11-12H2,1-2H3,(H,24,27). The lowest BCUT2D eigenvalue weighted by Crippen LogP contribution is -2.67. The second kappa shape index (κ2) is 6.67. The van der Waals surface area contributed by atoms with E-state index in [4.69, 9.17) is 4.42 Å². The van der Waals surface area contributed by atoms with Crippen LogP contribution in [0, 0.1) is 0 Å². The van der Waals surface area contributed by atoms with Gasteiger partial charge in [-0.15, -0.1) is 0 Å². The third-order valence-electron chi connectivity index (χ3n) is 6.12. The minimum atomic E-state index is -0.217. The molecule has 1 amide bonds. The number of para-hydroxylation sites is 1. The maximum atomic E-state index is 12.6. The van der Waals surface area contributed by atoms with Crippen LogP contribution in [0.4, 0.5) is 6.01 Å². The summed E-state index contributed by atoms with van der Waals surface area (Å²) in [7, 11) is 2.17. The number of carbonyl (C=O) groups excluding carboxylic acids is 1. The molecule has 28 heavy (non-hydrogen) atoms. The van der Waals surface area contributed by atoms with Gasteiger partial charge in [0.05, 0.1) is 6.20 Å². The minimum Gasteiger partial charge on any atom is -0.418 e. The summed E-state index contributed by atoms with van der Waals surface area (Å²) in [4.78, 5) is 24.8. The minimum absolute atomic E-state index is 0.0171. The molecule has 0 radical (unpaired) electrons. The number of piperidine rings is 1. The Kier molecular flexibility index (Phi) is 4.12. The number of carbonyl (C=O) groups is 1. The molecule has 6 rings (SSSR count). The highest BCUT2D eigenvalue weighted by atomic mass is 16.4. The van der Waals surface area contributed by atoms with Crippen molar-refractivity contribution in [3.8, 4) is 0 Å². The monoisotopic (exact) mass is 379 g/mol. The summed E-state index contributed by atoms with van der Waals surface area (Å²) in [6.07, 6.45) is 5.54.